The third-order valence-corrected chi connectivity index (χ3v) is 5.62. The Morgan fingerprint density at radius 2 is 2.07 bits per heavy atom. The lowest BCUT2D eigenvalue weighted by Crippen LogP contribution is -2.43. The molecule has 0 aromatic carbocycles. The number of carbonyl (C=O) groups is 1. The number of amides is 1. The van der Waals surface area contributed by atoms with Crippen LogP contribution in [0.1, 0.15) is 29.9 Å². The molecule has 1 N–H and O–H groups in total. The van der Waals surface area contributed by atoms with Gasteiger partial charge in [0, 0.05) is 56.8 Å². The SMILES string of the molecule is O=C([C@@H]1C[C@H](N2CCc3nc(C(F)(F)F)ncc3C2)CN1)N1CCC(F)(F)C1. The first-order chi connectivity index (χ1) is 13.1. The highest BCUT2D eigenvalue weighted by Gasteiger charge is 2.44. The Balaban J connectivity index is 1.37. The second-order valence-corrected chi connectivity index (χ2v) is 7.60. The molecule has 0 saturated carbocycles. The summed E-state index contributed by atoms with van der Waals surface area (Å²) in [5.41, 5.74) is 1.05. The minimum absolute atomic E-state index is 0.00695. The van der Waals surface area contributed by atoms with E-state index in [1.54, 1.807) is 0 Å². The maximum atomic E-state index is 13.3. The first-order valence-corrected chi connectivity index (χ1v) is 9.18. The van der Waals surface area contributed by atoms with Gasteiger partial charge < -0.3 is 10.2 Å². The van der Waals surface area contributed by atoms with Crippen molar-refractivity contribution in [1.82, 2.24) is 25.1 Å². The van der Waals surface area contributed by atoms with Gasteiger partial charge in [-0.3, -0.25) is 9.69 Å². The van der Waals surface area contributed by atoms with Gasteiger partial charge in [-0.15, -0.1) is 0 Å². The van der Waals surface area contributed by atoms with Crippen LogP contribution in [0, 0.1) is 0 Å². The van der Waals surface area contributed by atoms with Crippen molar-refractivity contribution in [3.63, 3.8) is 0 Å². The molecular formula is C17H20F5N5O. The number of carbonyl (C=O) groups excluding carboxylic acids is 1. The normalized spacial score (nSPS) is 27.8. The van der Waals surface area contributed by atoms with Gasteiger partial charge in [-0.25, -0.2) is 18.7 Å². The molecule has 11 heteroatoms. The van der Waals surface area contributed by atoms with Gasteiger partial charge in [-0.05, 0) is 6.42 Å². The smallest absolute Gasteiger partial charge is 0.335 e. The van der Waals surface area contributed by atoms with Crippen molar-refractivity contribution in [2.24, 2.45) is 0 Å². The number of aromatic nitrogens is 2. The fourth-order valence-corrected chi connectivity index (χ4v) is 4.11. The van der Waals surface area contributed by atoms with Crippen molar-refractivity contribution in [1.29, 1.82) is 0 Å². The molecule has 4 heterocycles. The molecule has 3 aliphatic rings. The number of hydrogen-bond donors (Lipinski definition) is 1. The fourth-order valence-electron chi connectivity index (χ4n) is 4.11. The Morgan fingerprint density at radius 1 is 1.29 bits per heavy atom. The largest absolute Gasteiger partial charge is 0.451 e. The molecule has 28 heavy (non-hydrogen) atoms. The van der Waals surface area contributed by atoms with Gasteiger partial charge in [0.2, 0.25) is 11.7 Å². The van der Waals surface area contributed by atoms with Crippen LogP contribution >= 0.6 is 0 Å². The van der Waals surface area contributed by atoms with Gasteiger partial charge in [-0.1, -0.05) is 0 Å². The summed E-state index contributed by atoms with van der Waals surface area (Å²) < 4.78 is 64.9. The number of halogens is 5. The van der Waals surface area contributed by atoms with Crippen molar-refractivity contribution < 1.29 is 26.7 Å². The van der Waals surface area contributed by atoms with Crippen LogP contribution in [-0.2, 0) is 23.9 Å². The quantitative estimate of drug-likeness (QED) is 0.755. The van der Waals surface area contributed by atoms with Crippen LogP contribution in [0.4, 0.5) is 22.0 Å². The number of rotatable bonds is 2. The van der Waals surface area contributed by atoms with Crippen LogP contribution in [0.5, 0.6) is 0 Å². The predicted molar refractivity (Wildman–Crippen MR) is 87.5 cm³/mol. The molecule has 0 bridgehead atoms. The van der Waals surface area contributed by atoms with Crippen LogP contribution in [-0.4, -0.2) is 69.9 Å². The lowest BCUT2D eigenvalue weighted by molar-refractivity contribution is -0.145. The summed E-state index contributed by atoms with van der Waals surface area (Å²) in [6.07, 6.45) is -2.81. The molecule has 1 aromatic rings. The molecule has 3 aliphatic heterocycles. The summed E-state index contributed by atoms with van der Waals surface area (Å²) in [6.45, 7) is 0.978. The minimum atomic E-state index is -4.57. The molecule has 154 valence electrons. The topological polar surface area (TPSA) is 61.4 Å². The molecule has 6 nitrogen and oxygen atoms in total. The molecule has 2 atom stereocenters. The zero-order valence-electron chi connectivity index (χ0n) is 15.0. The van der Waals surface area contributed by atoms with E-state index < -0.39 is 30.5 Å². The first-order valence-electron chi connectivity index (χ1n) is 9.18. The van der Waals surface area contributed by atoms with Crippen molar-refractivity contribution >= 4 is 5.91 Å². The molecule has 0 unspecified atom stereocenters. The Hall–Kier alpha value is -1.88. The third kappa shape index (κ3) is 3.82. The minimum Gasteiger partial charge on any atom is -0.335 e. The Morgan fingerprint density at radius 3 is 2.75 bits per heavy atom. The van der Waals surface area contributed by atoms with Crippen LogP contribution < -0.4 is 5.32 Å². The Bertz CT molecular complexity index is 771. The van der Waals surface area contributed by atoms with E-state index in [0.717, 1.165) is 0 Å². The molecule has 1 aromatic heterocycles. The number of nitrogens with zero attached hydrogens (tertiary/aromatic N) is 4. The molecule has 2 fully saturated rings. The van der Waals surface area contributed by atoms with E-state index in [9.17, 15) is 26.7 Å². The second-order valence-electron chi connectivity index (χ2n) is 7.60. The van der Waals surface area contributed by atoms with Gasteiger partial charge in [0.1, 0.15) is 0 Å². The molecule has 0 radical (unpaired) electrons. The zero-order chi connectivity index (χ0) is 20.1. The van der Waals surface area contributed by atoms with Crippen LogP contribution in [0.25, 0.3) is 0 Å². The summed E-state index contributed by atoms with van der Waals surface area (Å²) in [7, 11) is 0. The van der Waals surface area contributed by atoms with Crippen molar-refractivity contribution in [3.05, 3.63) is 23.3 Å². The second kappa shape index (κ2) is 6.87. The lowest BCUT2D eigenvalue weighted by atomic mass is 10.0. The Labute approximate surface area is 158 Å². The van der Waals surface area contributed by atoms with Crippen molar-refractivity contribution in [3.8, 4) is 0 Å². The van der Waals surface area contributed by atoms with E-state index in [-0.39, 0.29) is 24.9 Å². The zero-order valence-corrected chi connectivity index (χ0v) is 15.0. The highest BCUT2D eigenvalue weighted by molar-refractivity contribution is 5.82. The third-order valence-electron chi connectivity index (χ3n) is 5.62. The van der Waals surface area contributed by atoms with Gasteiger partial charge in [-0.2, -0.15) is 13.2 Å². The summed E-state index contributed by atoms with van der Waals surface area (Å²) in [4.78, 5) is 22.8. The molecule has 1 amide bonds. The van der Waals surface area contributed by atoms with E-state index >= 15 is 0 Å². The highest BCUT2D eigenvalue weighted by atomic mass is 19.4. The van der Waals surface area contributed by atoms with Gasteiger partial charge in [0.15, 0.2) is 0 Å². The lowest BCUT2D eigenvalue weighted by Gasteiger charge is -2.32. The standard InChI is InChI=1S/C17H20F5N5O/c18-16(19)2-4-27(9-16)14(28)13-5-11(7-23-13)26-3-1-12-10(8-26)6-24-15(25-12)17(20,21)22/h6,11,13,23H,1-5,7-9H2/t11-,13-/m0/s1. The van der Waals surface area contributed by atoms with Crippen LogP contribution in [0.3, 0.4) is 0 Å². The molecular weight excluding hydrogens is 385 g/mol. The number of alkyl halides is 5. The molecule has 2 saturated heterocycles. The first kappa shape index (κ1) is 19.4. The van der Waals surface area contributed by atoms with Gasteiger partial charge in [0.25, 0.3) is 5.92 Å². The molecule has 0 aliphatic carbocycles. The van der Waals surface area contributed by atoms with E-state index in [0.29, 0.717) is 43.7 Å². The van der Waals surface area contributed by atoms with Crippen molar-refractivity contribution in [2.75, 3.05) is 26.2 Å². The average molecular weight is 405 g/mol. The average Bonchev–Trinajstić information content (AvgIpc) is 3.26. The van der Waals surface area contributed by atoms with Crippen LogP contribution in [0.2, 0.25) is 0 Å². The van der Waals surface area contributed by atoms with Crippen LogP contribution in [0.15, 0.2) is 6.20 Å². The van der Waals surface area contributed by atoms with E-state index in [1.807, 2.05) is 0 Å². The van der Waals surface area contributed by atoms with Gasteiger partial charge >= 0.3 is 6.18 Å². The number of likely N-dealkylation sites (tertiary alicyclic amines) is 1. The highest BCUT2D eigenvalue weighted by Crippen LogP contribution is 2.30. The summed E-state index contributed by atoms with van der Waals surface area (Å²) >= 11 is 0. The van der Waals surface area contributed by atoms with Crippen molar-refractivity contribution in [2.45, 2.75) is 50.0 Å². The summed E-state index contributed by atoms with van der Waals surface area (Å²) in [6, 6.07) is -0.503. The summed E-state index contributed by atoms with van der Waals surface area (Å²) in [5.74, 6) is -4.26. The molecule has 4 rings (SSSR count). The number of hydrogen-bond acceptors (Lipinski definition) is 5. The van der Waals surface area contributed by atoms with Gasteiger partial charge in [0.05, 0.1) is 18.3 Å². The number of nitrogens with one attached hydrogen (secondary N) is 1. The maximum Gasteiger partial charge on any atom is 0.451 e. The van der Waals surface area contributed by atoms with E-state index in [4.69, 9.17) is 0 Å². The molecule has 0 spiro atoms. The van der Waals surface area contributed by atoms with E-state index in [1.165, 1.54) is 11.1 Å². The van der Waals surface area contributed by atoms with E-state index in [2.05, 4.69) is 20.2 Å². The summed E-state index contributed by atoms with van der Waals surface area (Å²) in [5, 5.41) is 3.10. The Kier molecular flexibility index (Phi) is 4.77. The monoisotopic (exact) mass is 405 g/mol. The fraction of sp³-hybridized carbons (Fsp3) is 0.706. The predicted octanol–water partition coefficient (Wildman–Crippen LogP) is 1.45. The number of fused-ring (bicyclic) bond motifs is 1. The maximum absolute atomic E-state index is 13.3.